The molecular formula is C17H12BrIN2O3. The summed E-state index contributed by atoms with van der Waals surface area (Å²) < 4.78 is 12.8. The van der Waals surface area contributed by atoms with Crippen molar-refractivity contribution in [3.05, 3.63) is 61.8 Å². The van der Waals surface area contributed by atoms with E-state index in [1.165, 1.54) is 0 Å². The molecule has 0 bridgehead atoms. The molecule has 7 heteroatoms. The van der Waals surface area contributed by atoms with E-state index >= 15 is 0 Å². The smallest absolute Gasteiger partial charge is 0.307 e. The van der Waals surface area contributed by atoms with Crippen LogP contribution in [0, 0.1) is 3.57 Å². The zero-order valence-corrected chi connectivity index (χ0v) is 16.3. The van der Waals surface area contributed by atoms with Gasteiger partial charge < -0.3 is 9.15 Å². The third kappa shape index (κ3) is 3.62. The number of furan rings is 1. The van der Waals surface area contributed by atoms with E-state index in [1.807, 2.05) is 30.3 Å². The van der Waals surface area contributed by atoms with E-state index < -0.39 is 5.91 Å². The molecule has 0 saturated heterocycles. The van der Waals surface area contributed by atoms with Gasteiger partial charge in [-0.1, -0.05) is 34.1 Å². The van der Waals surface area contributed by atoms with Gasteiger partial charge in [0.2, 0.25) is 0 Å². The number of amides is 1. The van der Waals surface area contributed by atoms with E-state index in [4.69, 9.17) is 9.15 Å². The molecule has 0 fully saturated rings. The second-order valence-corrected chi connectivity index (χ2v) is 6.94. The van der Waals surface area contributed by atoms with Gasteiger partial charge in [-0.05, 0) is 46.9 Å². The molecule has 2 aromatic carbocycles. The largest absolute Gasteiger partial charge is 0.493 e. The molecule has 0 radical (unpaired) electrons. The van der Waals surface area contributed by atoms with E-state index in [1.54, 1.807) is 25.5 Å². The molecule has 0 unspecified atom stereocenters. The van der Waals surface area contributed by atoms with Crippen molar-refractivity contribution < 1.29 is 13.9 Å². The first-order valence-electron chi connectivity index (χ1n) is 6.93. The summed E-state index contributed by atoms with van der Waals surface area (Å²) in [5.41, 5.74) is 3.91. The Hall–Kier alpha value is -1.87. The Bertz CT molecular complexity index is 937. The highest BCUT2D eigenvalue weighted by molar-refractivity contribution is 14.1. The number of hydrogen-bond acceptors (Lipinski definition) is 4. The van der Waals surface area contributed by atoms with E-state index in [9.17, 15) is 4.79 Å². The summed E-state index contributed by atoms with van der Waals surface area (Å²) in [6.07, 6.45) is 1.60. The first-order valence-corrected chi connectivity index (χ1v) is 8.80. The molecule has 1 heterocycles. The number of carbonyl (C=O) groups is 1. The number of hydrazone groups is 1. The Morgan fingerprint density at radius 3 is 2.88 bits per heavy atom. The summed E-state index contributed by atoms with van der Waals surface area (Å²) >= 11 is 5.61. The Balaban J connectivity index is 1.80. The average Bonchev–Trinajstić information content (AvgIpc) is 2.99. The van der Waals surface area contributed by atoms with Gasteiger partial charge in [0.05, 0.1) is 13.3 Å². The van der Waals surface area contributed by atoms with Crippen LogP contribution in [0.4, 0.5) is 0 Å². The SMILES string of the molecule is COc1cc(Br)cc2cc(C(=O)N/N=C\c3ccccc3I)oc12. The van der Waals surface area contributed by atoms with Crippen LogP contribution in [0.1, 0.15) is 16.1 Å². The fourth-order valence-electron chi connectivity index (χ4n) is 2.14. The van der Waals surface area contributed by atoms with Crippen molar-refractivity contribution in [1.82, 2.24) is 5.43 Å². The molecule has 24 heavy (non-hydrogen) atoms. The van der Waals surface area contributed by atoms with Crippen molar-refractivity contribution in [2.45, 2.75) is 0 Å². The highest BCUT2D eigenvalue weighted by atomic mass is 127. The van der Waals surface area contributed by atoms with Crippen LogP contribution in [-0.2, 0) is 0 Å². The van der Waals surface area contributed by atoms with Crippen LogP contribution in [0.3, 0.4) is 0 Å². The zero-order valence-electron chi connectivity index (χ0n) is 12.5. The van der Waals surface area contributed by atoms with Gasteiger partial charge >= 0.3 is 5.91 Å². The molecule has 0 saturated carbocycles. The van der Waals surface area contributed by atoms with E-state index in [-0.39, 0.29) is 5.76 Å². The van der Waals surface area contributed by atoms with Crippen LogP contribution in [-0.4, -0.2) is 19.2 Å². The third-order valence-corrected chi connectivity index (χ3v) is 4.71. The number of carbonyl (C=O) groups excluding carboxylic acids is 1. The predicted molar refractivity (Wildman–Crippen MR) is 105 cm³/mol. The fourth-order valence-corrected chi connectivity index (χ4v) is 3.13. The number of nitrogens with zero attached hydrogens (tertiary/aromatic N) is 1. The summed E-state index contributed by atoms with van der Waals surface area (Å²) in [6.45, 7) is 0. The van der Waals surface area contributed by atoms with Crippen molar-refractivity contribution in [3.8, 4) is 5.75 Å². The van der Waals surface area contributed by atoms with Gasteiger partial charge in [-0.15, -0.1) is 0 Å². The van der Waals surface area contributed by atoms with Gasteiger partial charge in [0, 0.05) is 19.0 Å². The molecule has 3 rings (SSSR count). The lowest BCUT2D eigenvalue weighted by atomic mass is 10.2. The minimum Gasteiger partial charge on any atom is -0.493 e. The maximum atomic E-state index is 12.2. The summed E-state index contributed by atoms with van der Waals surface area (Å²) in [7, 11) is 1.55. The standard InChI is InChI=1S/C17H12BrIN2O3/c1-23-14-8-12(18)6-11-7-15(24-16(11)14)17(22)21-20-9-10-4-2-3-5-13(10)19/h2-9H,1H3,(H,21,22)/b20-9-. The Morgan fingerprint density at radius 1 is 1.33 bits per heavy atom. The summed E-state index contributed by atoms with van der Waals surface area (Å²) in [6, 6.07) is 13.0. The molecule has 0 spiro atoms. The van der Waals surface area contributed by atoms with Crippen LogP contribution in [0.5, 0.6) is 5.75 Å². The number of methoxy groups -OCH3 is 1. The molecule has 1 aromatic heterocycles. The second kappa shape index (κ2) is 7.35. The van der Waals surface area contributed by atoms with Crippen molar-refractivity contribution in [2.24, 2.45) is 5.10 Å². The van der Waals surface area contributed by atoms with E-state index in [0.29, 0.717) is 11.3 Å². The maximum absolute atomic E-state index is 12.2. The van der Waals surface area contributed by atoms with Crippen LogP contribution >= 0.6 is 38.5 Å². The molecule has 1 N–H and O–H groups in total. The molecule has 0 aliphatic carbocycles. The molecule has 3 aromatic rings. The predicted octanol–water partition coefficient (Wildman–Crippen LogP) is 4.57. The minimum absolute atomic E-state index is 0.168. The van der Waals surface area contributed by atoms with Crippen molar-refractivity contribution >= 4 is 61.6 Å². The lowest BCUT2D eigenvalue weighted by molar-refractivity contribution is 0.0929. The number of fused-ring (bicyclic) bond motifs is 1. The number of nitrogens with one attached hydrogen (secondary N) is 1. The van der Waals surface area contributed by atoms with E-state index in [0.717, 1.165) is 19.0 Å². The van der Waals surface area contributed by atoms with Gasteiger partial charge in [-0.2, -0.15) is 5.10 Å². The molecule has 5 nitrogen and oxygen atoms in total. The molecule has 0 atom stereocenters. The van der Waals surface area contributed by atoms with Gasteiger partial charge in [-0.3, -0.25) is 4.79 Å². The monoisotopic (exact) mass is 498 g/mol. The lowest BCUT2D eigenvalue weighted by Crippen LogP contribution is -2.16. The molecule has 0 aliphatic rings. The number of halogens is 2. The summed E-state index contributed by atoms with van der Waals surface area (Å²) in [4.78, 5) is 12.2. The second-order valence-electron chi connectivity index (χ2n) is 4.86. The highest BCUT2D eigenvalue weighted by Crippen LogP contribution is 2.32. The zero-order chi connectivity index (χ0) is 17.1. The van der Waals surface area contributed by atoms with Crippen LogP contribution in [0.2, 0.25) is 0 Å². The maximum Gasteiger partial charge on any atom is 0.307 e. The van der Waals surface area contributed by atoms with Crippen molar-refractivity contribution in [1.29, 1.82) is 0 Å². The number of hydrogen-bond donors (Lipinski definition) is 1. The topological polar surface area (TPSA) is 63.8 Å². The Labute approximate surface area is 160 Å². The first kappa shape index (κ1) is 17.0. The van der Waals surface area contributed by atoms with Gasteiger partial charge in [0.1, 0.15) is 0 Å². The molecular weight excluding hydrogens is 487 g/mol. The number of ether oxygens (including phenoxy) is 1. The van der Waals surface area contributed by atoms with Gasteiger partial charge in [0.25, 0.3) is 0 Å². The Kier molecular flexibility index (Phi) is 5.20. The summed E-state index contributed by atoms with van der Waals surface area (Å²) in [5.74, 6) is 0.300. The average molecular weight is 499 g/mol. The summed E-state index contributed by atoms with van der Waals surface area (Å²) in [5, 5.41) is 4.75. The highest BCUT2D eigenvalue weighted by Gasteiger charge is 2.15. The van der Waals surface area contributed by atoms with Crippen LogP contribution in [0.15, 0.2) is 56.5 Å². The van der Waals surface area contributed by atoms with E-state index in [2.05, 4.69) is 49.0 Å². The molecule has 0 aliphatic heterocycles. The number of benzene rings is 2. The van der Waals surface area contributed by atoms with Crippen LogP contribution in [0.25, 0.3) is 11.0 Å². The quantitative estimate of drug-likeness (QED) is 0.325. The Morgan fingerprint density at radius 2 is 2.12 bits per heavy atom. The van der Waals surface area contributed by atoms with Crippen molar-refractivity contribution in [2.75, 3.05) is 7.11 Å². The van der Waals surface area contributed by atoms with Gasteiger partial charge in [-0.25, -0.2) is 5.43 Å². The van der Waals surface area contributed by atoms with Crippen LogP contribution < -0.4 is 10.2 Å². The van der Waals surface area contributed by atoms with Crippen molar-refractivity contribution in [3.63, 3.8) is 0 Å². The van der Waals surface area contributed by atoms with Gasteiger partial charge in [0.15, 0.2) is 17.1 Å². The first-order chi connectivity index (χ1) is 11.6. The third-order valence-electron chi connectivity index (χ3n) is 3.27. The number of rotatable bonds is 4. The lowest BCUT2D eigenvalue weighted by Gasteiger charge is -2.00. The molecule has 1 amide bonds. The fraction of sp³-hybridized carbons (Fsp3) is 0.0588. The minimum atomic E-state index is -0.424. The molecule has 122 valence electrons. The normalized spacial score (nSPS) is 11.1.